The highest BCUT2D eigenvalue weighted by molar-refractivity contribution is 6.03. The zero-order valence-corrected chi connectivity index (χ0v) is 7.08. The lowest BCUT2D eigenvalue weighted by Gasteiger charge is -1.95. The van der Waals surface area contributed by atoms with Crippen LogP contribution in [0.3, 0.4) is 0 Å². The van der Waals surface area contributed by atoms with E-state index in [1.54, 1.807) is 0 Å². The van der Waals surface area contributed by atoms with Gasteiger partial charge in [0.05, 0.1) is 0 Å². The van der Waals surface area contributed by atoms with Crippen LogP contribution in [0.4, 0.5) is 0 Å². The van der Waals surface area contributed by atoms with Crippen molar-refractivity contribution in [3.63, 3.8) is 0 Å². The summed E-state index contributed by atoms with van der Waals surface area (Å²) in [6, 6.07) is 4.09. The summed E-state index contributed by atoms with van der Waals surface area (Å²) in [5.41, 5.74) is 2.11. The average Bonchev–Trinajstić information content (AvgIpc) is 2.70. The topological polar surface area (TPSA) is 17.1 Å². The molecule has 1 heteroatoms. The summed E-state index contributed by atoms with van der Waals surface area (Å²) in [6.45, 7) is 0. The van der Waals surface area contributed by atoms with E-state index in [2.05, 4.69) is 12.1 Å². The van der Waals surface area contributed by atoms with Gasteiger partial charge in [0.25, 0.3) is 0 Å². The van der Waals surface area contributed by atoms with Crippen molar-refractivity contribution in [2.75, 3.05) is 0 Å². The minimum atomic E-state index is 0.248. The van der Waals surface area contributed by atoms with Crippen LogP contribution < -0.4 is 10.4 Å². The molecule has 1 aromatic carbocycles. The molecule has 1 aromatic rings. The normalized spacial score (nSPS) is 16.5. The monoisotopic (exact) mass is 168 g/mol. The van der Waals surface area contributed by atoms with Crippen LogP contribution in [-0.2, 0) is 0 Å². The number of hydrogen-bond donors (Lipinski definition) is 0. The number of Topliss-reactive ketones (excluding diaryl/α,β-unsaturated/α-hetero) is 1. The van der Waals surface area contributed by atoms with Crippen molar-refractivity contribution in [2.24, 2.45) is 0 Å². The smallest absolute Gasteiger partial charge is 0.167 e. The van der Waals surface area contributed by atoms with Gasteiger partial charge in [-0.2, -0.15) is 0 Å². The Balaban J connectivity index is 2.45. The fraction of sp³-hybridized carbons (Fsp3) is 0.0833. The number of benzene rings is 1. The van der Waals surface area contributed by atoms with Crippen molar-refractivity contribution >= 4 is 24.0 Å². The minimum Gasteiger partial charge on any atom is -0.294 e. The number of carbonyl (C=O) groups is 1. The third-order valence-corrected chi connectivity index (χ3v) is 2.61. The molecule has 0 radical (unpaired) electrons. The maximum Gasteiger partial charge on any atom is 0.167 e. The van der Waals surface area contributed by atoms with Crippen molar-refractivity contribution < 1.29 is 4.79 Å². The van der Waals surface area contributed by atoms with Gasteiger partial charge < -0.3 is 0 Å². The Morgan fingerprint density at radius 3 is 3.00 bits per heavy atom. The van der Waals surface area contributed by atoms with Gasteiger partial charge in [0.2, 0.25) is 0 Å². The molecule has 3 rings (SSSR count). The SMILES string of the molecule is O=C1CC=c2cc3c(cc21)=CC=C3. The average molecular weight is 168 g/mol. The van der Waals surface area contributed by atoms with Crippen molar-refractivity contribution in [1.29, 1.82) is 0 Å². The first-order valence-electron chi connectivity index (χ1n) is 4.40. The van der Waals surface area contributed by atoms with Crippen LogP contribution in [0.25, 0.3) is 18.2 Å². The maximum absolute atomic E-state index is 11.4. The second kappa shape index (κ2) is 2.19. The molecule has 0 atom stereocenters. The summed E-state index contributed by atoms with van der Waals surface area (Å²) in [7, 11) is 0. The number of fused-ring (bicyclic) bond motifs is 2. The second-order valence-corrected chi connectivity index (χ2v) is 3.43. The molecule has 0 saturated heterocycles. The molecule has 0 saturated carbocycles. The molecule has 0 amide bonds. The Hall–Kier alpha value is -1.63. The van der Waals surface area contributed by atoms with Gasteiger partial charge >= 0.3 is 0 Å². The molecular weight excluding hydrogens is 160 g/mol. The standard InChI is InChI=1S/C12H8O/c13-12-5-4-10-6-8-2-1-3-9(8)7-11(10)12/h1-4,6-7H,5H2. The van der Waals surface area contributed by atoms with Crippen LogP contribution in [0.15, 0.2) is 18.2 Å². The summed E-state index contributed by atoms with van der Waals surface area (Å²) in [5.74, 6) is 0.248. The number of allylic oxidation sites excluding steroid dienone is 1. The largest absolute Gasteiger partial charge is 0.294 e. The predicted octanol–water partition coefficient (Wildman–Crippen LogP) is 0.861. The van der Waals surface area contributed by atoms with Crippen LogP contribution in [0, 0.1) is 0 Å². The first kappa shape index (κ1) is 6.84. The van der Waals surface area contributed by atoms with Gasteiger partial charge in [0, 0.05) is 12.0 Å². The molecule has 0 unspecified atom stereocenters. The molecule has 2 aliphatic rings. The highest BCUT2D eigenvalue weighted by Crippen LogP contribution is 2.08. The van der Waals surface area contributed by atoms with E-state index >= 15 is 0 Å². The van der Waals surface area contributed by atoms with Gasteiger partial charge in [-0.05, 0) is 28.1 Å². The minimum absolute atomic E-state index is 0.248. The van der Waals surface area contributed by atoms with E-state index in [-0.39, 0.29) is 5.78 Å². The van der Waals surface area contributed by atoms with Crippen molar-refractivity contribution in [1.82, 2.24) is 0 Å². The molecule has 0 aromatic heterocycles. The zero-order chi connectivity index (χ0) is 8.84. The molecule has 0 bridgehead atoms. The van der Waals surface area contributed by atoms with Crippen molar-refractivity contribution in [2.45, 2.75) is 6.42 Å². The molecule has 2 aliphatic carbocycles. The number of hydrogen-bond acceptors (Lipinski definition) is 1. The molecule has 0 spiro atoms. The van der Waals surface area contributed by atoms with E-state index in [0.29, 0.717) is 6.42 Å². The van der Waals surface area contributed by atoms with Gasteiger partial charge in [0.1, 0.15) is 0 Å². The van der Waals surface area contributed by atoms with Gasteiger partial charge in [0.15, 0.2) is 5.78 Å². The molecule has 0 heterocycles. The third kappa shape index (κ3) is 0.842. The Bertz CT molecular complexity index is 547. The summed E-state index contributed by atoms with van der Waals surface area (Å²) in [5, 5.41) is 2.27. The third-order valence-electron chi connectivity index (χ3n) is 2.61. The molecule has 0 aliphatic heterocycles. The maximum atomic E-state index is 11.4. The summed E-state index contributed by atoms with van der Waals surface area (Å²) in [4.78, 5) is 11.4. The van der Waals surface area contributed by atoms with Crippen LogP contribution in [0.1, 0.15) is 22.3 Å². The molecule has 62 valence electrons. The van der Waals surface area contributed by atoms with Gasteiger partial charge in [-0.1, -0.05) is 24.3 Å². The van der Waals surface area contributed by atoms with E-state index in [1.165, 1.54) is 10.8 Å². The second-order valence-electron chi connectivity index (χ2n) is 3.43. The fourth-order valence-electron chi connectivity index (χ4n) is 1.92. The number of carbonyl (C=O) groups excluding carboxylic acids is 1. The Morgan fingerprint density at radius 2 is 2.08 bits per heavy atom. The van der Waals surface area contributed by atoms with E-state index in [1.807, 2.05) is 24.3 Å². The van der Waals surface area contributed by atoms with Crippen LogP contribution in [-0.4, -0.2) is 5.78 Å². The molecule has 1 nitrogen and oxygen atoms in total. The Morgan fingerprint density at radius 1 is 1.15 bits per heavy atom. The first-order valence-corrected chi connectivity index (χ1v) is 4.40. The number of rotatable bonds is 0. The first-order chi connectivity index (χ1) is 6.34. The summed E-state index contributed by atoms with van der Waals surface area (Å²) < 4.78 is 0. The van der Waals surface area contributed by atoms with Crippen molar-refractivity contribution in [3.8, 4) is 0 Å². The highest BCUT2D eigenvalue weighted by atomic mass is 16.1. The lowest BCUT2D eigenvalue weighted by atomic mass is 10.1. The van der Waals surface area contributed by atoms with Gasteiger partial charge in [-0.15, -0.1) is 0 Å². The fourth-order valence-corrected chi connectivity index (χ4v) is 1.92. The van der Waals surface area contributed by atoms with Crippen molar-refractivity contribution in [3.05, 3.63) is 39.8 Å². The zero-order valence-electron chi connectivity index (χ0n) is 7.08. The van der Waals surface area contributed by atoms with E-state index < -0.39 is 0 Å². The lowest BCUT2D eigenvalue weighted by Crippen LogP contribution is -2.15. The lowest BCUT2D eigenvalue weighted by molar-refractivity contribution is 0.100. The molecule has 13 heavy (non-hydrogen) atoms. The molecule has 0 N–H and O–H groups in total. The Kier molecular flexibility index (Phi) is 1.15. The molecular formula is C12H8O. The summed E-state index contributed by atoms with van der Waals surface area (Å²) in [6.07, 6.45) is 8.71. The van der Waals surface area contributed by atoms with Gasteiger partial charge in [-0.25, -0.2) is 0 Å². The predicted molar refractivity (Wildman–Crippen MR) is 52.6 cm³/mol. The van der Waals surface area contributed by atoms with Crippen LogP contribution >= 0.6 is 0 Å². The van der Waals surface area contributed by atoms with Gasteiger partial charge in [-0.3, -0.25) is 4.79 Å². The quantitative estimate of drug-likeness (QED) is 0.561. The summed E-state index contributed by atoms with van der Waals surface area (Å²) >= 11 is 0. The van der Waals surface area contributed by atoms with Crippen LogP contribution in [0.5, 0.6) is 0 Å². The van der Waals surface area contributed by atoms with E-state index in [4.69, 9.17) is 0 Å². The Labute approximate surface area is 75.7 Å². The van der Waals surface area contributed by atoms with E-state index in [9.17, 15) is 4.79 Å². The van der Waals surface area contributed by atoms with Crippen LogP contribution in [0.2, 0.25) is 0 Å². The highest BCUT2D eigenvalue weighted by Gasteiger charge is 2.13. The number of ketones is 1. The molecule has 0 fully saturated rings. The van der Waals surface area contributed by atoms with E-state index in [0.717, 1.165) is 10.8 Å².